The van der Waals surface area contributed by atoms with Gasteiger partial charge in [-0.1, -0.05) is 29.6 Å². The van der Waals surface area contributed by atoms with Crippen molar-refractivity contribution in [3.8, 4) is 5.75 Å². The Hall–Kier alpha value is -1.53. The van der Waals surface area contributed by atoms with E-state index in [1.54, 1.807) is 41.1 Å². The standard InChI is InChI=1S/C12H10N3O2S.C6H8NS.U/c1-2-6-17-10-5-3-4-9(7-10)11(16)14-12-15-13-8-18-12;1-3-6-5(2)7-4-8-6;/h2,4-5,7-8H,1,6H2,(H,14,15,16);4H,1,3H2,2H3;/q2*-1;+2. The van der Waals surface area contributed by atoms with Crippen LogP contribution in [0, 0.1) is 51.0 Å². The third kappa shape index (κ3) is 7.93. The first-order valence-electron chi connectivity index (χ1n) is 7.64. The molecule has 0 unspecified atom stereocenters. The van der Waals surface area contributed by atoms with E-state index in [2.05, 4.69) is 40.1 Å². The summed E-state index contributed by atoms with van der Waals surface area (Å²) in [5.74, 6) is 0.298. The summed E-state index contributed by atoms with van der Waals surface area (Å²) in [6.45, 7) is 9.71. The van der Waals surface area contributed by atoms with Gasteiger partial charge in [0.1, 0.15) is 5.51 Å². The van der Waals surface area contributed by atoms with Crippen molar-refractivity contribution in [3.05, 3.63) is 71.0 Å². The van der Waals surface area contributed by atoms with E-state index in [0.717, 1.165) is 12.1 Å². The van der Waals surface area contributed by atoms with E-state index in [0.29, 0.717) is 23.1 Å². The molecule has 0 saturated heterocycles. The minimum atomic E-state index is -0.271. The van der Waals surface area contributed by atoms with E-state index in [1.165, 1.54) is 16.2 Å². The number of aryl methyl sites for hydroxylation is 1. The summed E-state index contributed by atoms with van der Waals surface area (Å²) in [7, 11) is 0. The van der Waals surface area contributed by atoms with Gasteiger partial charge in [0.05, 0.1) is 12.1 Å². The van der Waals surface area contributed by atoms with Crippen molar-refractivity contribution < 1.29 is 40.6 Å². The molecule has 1 aromatic carbocycles. The van der Waals surface area contributed by atoms with Crippen LogP contribution in [-0.2, 0) is 6.42 Å². The Balaban J connectivity index is 0.000000342. The number of rotatable bonds is 6. The molecule has 3 rings (SSSR count). The summed E-state index contributed by atoms with van der Waals surface area (Å²) in [4.78, 5) is 17.2. The van der Waals surface area contributed by atoms with Gasteiger partial charge in [0.25, 0.3) is 0 Å². The number of hydrogen-bond acceptors (Lipinski definition) is 7. The molecule has 1 amide bonds. The van der Waals surface area contributed by atoms with Crippen LogP contribution in [0.4, 0.5) is 5.13 Å². The summed E-state index contributed by atoms with van der Waals surface area (Å²) >= 11 is 2.93. The van der Waals surface area contributed by atoms with Gasteiger partial charge in [-0.3, -0.25) is 4.79 Å². The van der Waals surface area contributed by atoms with Gasteiger partial charge < -0.3 is 17.0 Å². The molecular formula is C18H18N4O2S2U. The molecule has 0 fully saturated rings. The van der Waals surface area contributed by atoms with E-state index in [1.807, 2.05) is 12.4 Å². The van der Waals surface area contributed by atoms with Crippen LogP contribution in [0.3, 0.4) is 0 Å². The van der Waals surface area contributed by atoms with Crippen molar-refractivity contribution >= 4 is 33.7 Å². The Morgan fingerprint density at radius 1 is 1.41 bits per heavy atom. The smallest absolute Gasteiger partial charge is 0.547 e. The van der Waals surface area contributed by atoms with Crippen LogP contribution in [0.15, 0.2) is 41.9 Å². The number of carbonyl (C=O) groups is 1. The molecule has 0 radical (unpaired) electrons. The Morgan fingerprint density at radius 3 is 2.78 bits per heavy atom. The third-order valence-electron chi connectivity index (χ3n) is 3.04. The number of anilines is 1. The number of amides is 1. The molecule has 6 nitrogen and oxygen atoms in total. The zero-order valence-electron chi connectivity index (χ0n) is 14.8. The largest absolute Gasteiger partial charge is 2.00 e. The number of thiazole rings is 1. The first kappa shape index (κ1) is 23.5. The zero-order chi connectivity index (χ0) is 18.8. The Morgan fingerprint density at radius 2 is 2.22 bits per heavy atom. The summed E-state index contributed by atoms with van der Waals surface area (Å²) in [6.07, 6.45) is 2.50. The van der Waals surface area contributed by atoms with Crippen LogP contribution in [0.25, 0.3) is 0 Å². The topological polar surface area (TPSA) is 77.0 Å². The molecule has 2 heterocycles. The zero-order valence-corrected chi connectivity index (χ0v) is 20.6. The average Bonchev–Trinajstić information content (AvgIpc) is 3.32. The predicted octanol–water partition coefficient (Wildman–Crippen LogP) is 3.98. The van der Waals surface area contributed by atoms with E-state index >= 15 is 0 Å². The summed E-state index contributed by atoms with van der Waals surface area (Å²) in [5.41, 5.74) is 4.98. The normalized spacial score (nSPS) is 9.41. The van der Waals surface area contributed by atoms with Crippen molar-refractivity contribution in [1.29, 1.82) is 0 Å². The number of ether oxygens (including phenoxy) is 1. The van der Waals surface area contributed by atoms with Crippen molar-refractivity contribution in [2.45, 2.75) is 13.3 Å². The van der Waals surface area contributed by atoms with Gasteiger partial charge in [0, 0.05) is 11.4 Å². The van der Waals surface area contributed by atoms with Gasteiger partial charge in [0.2, 0.25) is 11.0 Å². The predicted molar refractivity (Wildman–Crippen MR) is 105 cm³/mol. The van der Waals surface area contributed by atoms with E-state index < -0.39 is 0 Å². The van der Waals surface area contributed by atoms with Crippen molar-refractivity contribution in [2.75, 3.05) is 11.9 Å². The van der Waals surface area contributed by atoms with Gasteiger partial charge in [-0.25, -0.2) is 4.98 Å². The fraction of sp³-hybridized carbons (Fsp3) is 0.167. The molecule has 0 spiro atoms. The van der Waals surface area contributed by atoms with Crippen LogP contribution in [0.1, 0.15) is 20.9 Å². The molecule has 0 atom stereocenters. The third-order valence-corrected chi connectivity index (χ3v) is 4.65. The number of aromatic nitrogens is 3. The number of nitrogens with one attached hydrogen (secondary N) is 1. The van der Waals surface area contributed by atoms with Crippen LogP contribution in [0.2, 0.25) is 0 Å². The second-order valence-corrected chi connectivity index (χ2v) is 6.64. The first-order chi connectivity index (χ1) is 12.6. The molecule has 138 valence electrons. The maximum Gasteiger partial charge on any atom is 2.00 e. The fourth-order valence-electron chi connectivity index (χ4n) is 1.78. The maximum absolute atomic E-state index is 11.9. The number of carbonyl (C=O) groups excluding carboxylic acids is 1. The van der Waals surface area contributed by atoms with E-state index in [4.69, 9.17) is 4.74 Å². The number of benzene rings is 1. The molecule has 0 aliphatic heterocycles. The quantitative estimate of drug-likeness (QED) is 0.332. The van der Waals surface area contributed by atoms with Crippen LogP contribution < -0.4 is 10.1 Å². The molecule has 0 aliphatic rings. The Bertz CT molecular complexity index is 838. The van der Waals surface area contributed by atoms with Gasteiger partial charge >= 0.3 is 31.1 Å². The maximum atomic E-state index is 11.9. The van der Waals surface area contributed by atoms with Crippen molar-refractivity contribution in [2.24, 2.45) is 0 Å². The van der Waals surface area contributed by atoms with Crippen LogP contribution in [-0.4, -0.2) is 27.7 Å². The molecule has 0 aliphatic carbocycles. The Labute approximate surface area is 190 Å². The minimum Gasteiger partial charge on any atom is -0.547 e. The van der Waals surface area contributed by atoms with E-state index in [9.17, 15) is 4.79 Å². The second-order valence-electron chi connectivity index (χ2n) is 4.87. The number of hydrogen-bond donors (Lipinski definition) is 1. The van der Waals surface area contributed by atoms with Gasteiger partial charge in [-0.2, -0.15) is 12.1 Å². The summed E-state index contributed by atoms with van der Waals surface area (Å²) < 4.78 is 5.33. The van der Waals surface area contributed by atoms with Crippen LogP contribution in [0.5, 0.6) is 5.75 Å². The number of nitrogens with zero attached hydrogens (tertiary/aromatic N) is 3. The molecule has 0 bridgehead atoms. The van der Waals surface area contributed by atoms with Gasteiger partial charge in [-0.15, -0.1) is 40.1 Å². The summed E-state index contributed by atoms with van der Waals surface area (Å²) in [5, 5.41) is 10.5. The van der Waals surface area contributed by atoms with E-state index in [-0.39, 0.29) is 37.0 Å². The monoisotopic (exact) mass is 624 g/mol. The van der Waals surface area contributed by atoms with Crippen molar-refractivity contribution in [1.82, 2.24) is 15.2 Å². The Kier molecular flexibility index (Phi) is 11.1. The molecule has 1 N–H and O–H groups in total. The SMILES string of the molecule is C=CCOc1c[c-]cc(C(=O)Nc2nncs2)c1.[CH2-]Cc1scnc1C.[U+2]. The molecule has 3 aromatic rings. The molecular weight excluding hydrogens is 606 g/mol. The fourth-order valence-corrected chi connectivity index (χ4v) is 2.90. The summed E-state index contributed by atoms with van der Waals surface area (Å²) in [6, 6.07) is 7.72. The second kappa shape index (κ2) is 12.8. The van der Waals surface area contributed by atoms with Crippen molar-refractivity contribution in [3.63, 3.8) is 0 Å². The molecule has 2 aromatic heterocycles. The average molecular weight is 625 g/mol. The first-order valence-corrected chi connectivity index (χ1v) is 9.40. The minimum absolute atomic E-state index is 0. The van der Waals surface area contributed by atoms with Crippen LogP contribution >= 0.6 is 22.7 Å². The van der Waals surface area contributed by atoms with Gasteiger partial charge in [0.15, 0.2) is 0 Å². The molecule has 27 heavy (non-hydrogen) atoms. The molecule has 9 heteroatoms. The van der Waals surface area contributed by atoms with Gasteiger partial charge in [-0.05, 0) is 11.8 Å². The molecule has 0 saturated carbocycles.